The summed E-state index contributed by atoms with van der Waals surface area (Å²) in [6.45, 7) is 3.42. The number of rotatable bonds is 9. The number of thioether (sulfide) groups is 1. The summed E-state index contributed by atoms with van der Waals surface area (Å²) in [4.78, 5) is 10.2. The molecule has 0 bridgehead atoms. The van der Waals surface area contributed by atoms with Crippen LogP contribution in [0.2, 0.25) is 0 Å². The van der Waals surface area contributed by atoms with Gasteiger partial charge >= 0.3 is 0 Å². The molecule has 9 heteroatoms. The summed E-state index contributed by atoms with van der Waals surface area (Å²) in [6.07, 6.45) is 1.04. The van der Waals surface area contributed by atoms with Gasteiger partial charge in [-0.3, -0.25) is 10.1 Å². The minimum absolute atomic E-state index is 0.0286. The van der Waals surface area contributed by atoms with Crippen LogP contribution in [0.5, 0.6) is 5.75 Å². The van der Waals surface area contributed by atoms with Gasteiger partial charge in [-0.15, -0.1) is 10.2 Å². The van der Waals surface area contributed by atoms with Gasteiger partial charge in [0.2, 0.25) is 5.13 Å². The van der Waals surface area contributed by atoms with Crippen molar-refractivity contribution in [1.82, 2.24) is 10.2 Å². The van der Waals surface area contributed by atoms with E-state index in [4.69, 9.17) is 4.74 Å². The van der Waals surface area contributed by atoms with Crippen LogP contribution < -0.4 is 10.1 Å². The highest BCUT2D eigenvalue weighted by molar-refractivity contribution is 8.01. The van der Waals surface area contributed by atoms with Gasteiger partial charge in [0.15, 0.2) is 4.34 Å². The predicted octanol–water partition coefficient (Wildman–Crippen LogP) is 3.44. The predicted molar refractivity (Wildman–Crippen MR) is 88.0 cm³/mol. The average Bonchev–Trinajstić information content (AvgIpc) is 2.97. The molecular formula is C13H16N4O3S2. The molecule has 1 N–H and O–H groups in total. The van der Waals surface area contributed by atoms with Crippen molar-refractivity contribution < 1.29 is 9.66 Å². The lowest BCUT2D eigenvalue weighted by molar-refractivity contribution is -0.384. The van der Waals surface area contributed by atoms with Crippen LogP contribution in [-0.2, 0) is 0 Å². The van der Waals surface area contributed by atoms with Gasteiger partial charge in [0, 0.05) is 18.4 Å². The maximum Gasteiger partial charge on any atom is 0.273 e. The van der Waals surface area contributed by atoms with Crippen LogP contribution in [-0.4, -0.2) is 34.0 Å². The van der Waals surface area contributed by atoms with E-state index in [1.807, 2.05) is 0 Å². The first-order valence-electron chi connectivity index (χ1n) is 6.76. The zero-order valence-electron chi connectivity index (χ0n) is 12.0. The molecule has 2 aromatic rings. The van der Waals surface area contributed by atoms with Gasteiger partial charge in [0.25, 0.3) is 5.69 Å². The number of nitro groups is 1. The Bertz CT molecular complexity index is 621. The van der Waals surface area contributed by atoms with Gasteiger partial charge in [-0.1, -0.05) is 36.1 Å². The molecule has 0 atom stereocenters. The van der Waals surface area contributed by atoms with E-state index in [9.17, 15) is 10.1 Å². The second-order valence-electron chi connectivity index (χ2n) is 4.25. The molecule has 0 amide bonds. The SMILES string of the molecule is CCCNc1nnc(SCCOc2cccc([N+](=O)[O-])c2)s1. The minimum atomic E-state index is -0.437. The van der Waals surface area contributed by atoms with Crippen molar-refractivity contribution in [2.45, 2.75) is 17.7 Å². The summed E-state index contributed by atoms with van der Waals surface area (Å²) < 4.78 is 6.38. The zero-order valence-corrected chi connectivity index (χ0v) is 13.7. The third kappa shape index (κ3) is 5.15. The molecule has 1 heterocycles. The number of nitrogens with zero attached hydrogens (tertiary/aromatic N) is 3. The van der Waals surface area contributed by atoms with E-state index >= 15 is 0 Å². The van der Waals surface area contributed by atoms with E-state index in [0.29, 0.717) is 18.1 Å². The highest BCUT2D eigenvalue weighted by Crippen LogP contribution is 2.25. The highest BCUT2D eigenvalue weighted by atomic mass is 32.2. The fraction of sp³-hybridized carbons (Fsp3) is 0.385. The summed E-state index contributed by atoms with van der Waals surface area (Å²) in [6, 6.07) is 6.17. The summed E-state index contributed by atoms with van der Waals surface area (Å²) >= 11 is 3.06. The van der Waals surface area contributed by atoms with Crippen LogP contribution in [0.4, 0.5) is 10.8 Å². The maximum atomic E-state index is 10.7. The molecule has 1 aromatic carbocycles. The van der Waals surface area contributed by atoms with Gasteiger partial charge < -0.3 is 10.1 Å². The summed E-state index contributed by atoms with van der Waals surface area (Å²) in [5, 5.41) is 22.8. The topological polar surface area (TPSA) is 90.2 Å². The largest absolute Gasteiger partial charge is 0.492 e. The third-order valence-electron chi connectivity index (χ3n) is 2.54. The van der Waals surface area contributed by atoms with E-state index < -0.39 is 4.92 Å². The Kier molecular flexibility index (Phi) is 6.41. The smallest absolute Gasteiger partial charge is 0.273 e. The monoisotopic (exact) mass is 340 g/mol. The first-order valence-corrected chi connectivity index (χ1v) is 8.56. The maximum absolute atomic E-state index is 10.7. The fourth-order valence-electron chi connectivity index (χ4n) is 1.55. The van der Waals surface area contributed by atoms with Crippen molar-refractivity contribution in [3.63, 3.8) is 0 Å². The van der Waals surface area contributed by atoms with Crippen molar-refractivity contribution in [1.29, 1.82) is 0 Å². The van der Waals surface area contributed by atoms with Crippen LogP contribution in [0.3, 0.4) is 0 Å². The van der Waals surface area contributed by atoms with Crippen molar-refractivity contribution in [3.05, 3.63) is 34.4 Å². The molecule has 0 unspecified atom stereocenters. The lowest BCUT2D eigenvalue weighted by atomic mass is 10.3. The zero-order chi connectivity index (χ0) is 15.8. The van der Waals surface area contributed by atoms with Crippen LogP contribution in [0.1, 0.15) is 13.3 Å². The normalized spacial score (nSPS) is 10.4. The molecule has 0 aliphatic rings. The van der Waals surface area contributed by atoms with Gasteiger partial charge in [-0.25, -0.2) is 0 Å². The van der Waals surface area contributed by atoms with E-state index in [1.54, 1.807) is 23.9 Å². The lowest BCUT2D eigenvalue weighted by Gasteiger charge is -2.04. The van der Waals surface area contributed by atoms with Crippen molar-refractivity contribution in [2.75, 3.05) is 24.2 Å². The molecule has 0 radical (unpaired) electrons. The van der Waals surface area contributed by atoms with Gasteiger partial charge in [0.1, 0.15) is 5.75 Å². The molecule has 0 saturated heterocycles. The Balaban J connectivity index is 1.74. The van der Waals surface area contributed by atoms with Crippen LogP contribution in [0.15, 0.2) is 28.6 Å². The van der Waals surface area contributed by atoms with E-state index in [-0.39, 0.29) is 5.69 Å². The molecule has 22 heavy (non-hydrogen) atoms. The number of non-ortho nitro benzene ring substituents is 1. The second kappa shape index (κ2) is 8.54. The molecule has 2 rings (SSSR count). The Morgan fingerprint density at radius 3 is 3.09 bits per heavy atom. The number of hydrogen-bond donors (Lipinski definition) is 1. The number of anilines is 1. The Hall–Kier alpha value is -1.87. The fourth-order valence-corrected chi connectivity index (χ4v) is 3.21. The number of ether oxygens (including phenoxy) is 1. The molecule has 1 aromatic heterocycles. The Morgan fingerprint density at radius 2 is 2.32 bits per heavy atom. The number of benzene rings is 1. The molecule has 0 saturated carbocycles. The molecule has 0 aliphatic heterocycles. The Labute approximate surface area is 136 Å². The van der Waals surface area contributed by atoms with Crippen molar-refractivity contribution >= 4 is 33.9 Å². The number of aromatic nitrogens is 2. The van der Waals surface area contributed by atoms with Crippen LogP contribution in [0.25, 0.3) is 0 Å². The highest BCUT2D eigenvalue weighted by Gasteiger charge is 2.07. The van der Waals surface area contributed by atoms with Gasteiger partial charge in [-0.2, -0.15) is 0 Å². The van der Waals surface area contributed by atoms with Crippen LogP contribution in [0, 0.1) is 10.1 Å². The standard InChI is InChI=1S/C13H16N4O3S2/c1-2-6-14-12-15-16-13(22-12)21-8-7-20-11-5-3-4-10(9-11)17(18)19/h3-5,9H,2,6-8H2,1H3,(H,14,15). The van der Waals surface area contributed by atoms with Crippen molar-refractivity contribution in [3.8, 4) is 5.75 Å². The quantitative estimate of drug-likeness (QED) is 0.323. The van der Waals surface area contributed by atoms with Crippen LogP contribution >= 0.6 is 23.1 Å². The molecule has 7 nitrogen and oxygen atoms in total. The summed E-state index contributed by atoms with van der Waals surface area (Å²) in [5.74, 6) is 1.20. The van der Waals surface area contributed by atoms with Gasteiger partial charge in [0.05, 0.1) is 17.6 Å². The molecule has 0 spiro atoms. The first-order chi connectivity index (χ1) is 10.7. The molecule has 0 fully saturated rings. The molecule has 118 valence electrons. The van der Waals surface area contributed by atoms with Gasteiger partial charge in [-0.05, 0) is 12.5 Å². The first kappa shape index (κ1) is 16.5. The second-order valence-corrected chi connectivity index (χ2v) is 6.57. The minimum Gasteiger partial charge on any atom is -0.492 e. The van der Waals surface area contributed by atoms with E-state index in [2.05, 4.69) is 22.4 Å². The summed E-state index contributed by atoms with van der Waals surface area (Å²) in [5.41, 5.74) is 0.0286. The molecular weight excluding hydrogens is 324 g/mol. The number of nitrogens with one attached hydrogen (secondary N) is 1. The van der Waals surface area contributed by atoms with E-state index in [1.165, 1.54) is 23.5 Å². The summed E-state index contributed by atoms with van der Waals surface area (Å²) in [7, 11) is 0. The van der Waals surface area contributed by atoms with E-state index in [0.717, 1.165) is 22.4 Å². The lowest BCUT2D eigenvalue weighted by Crippen LogP contribution is -2.00. The molecule has 0 aliphatic carbocycles. The third-order valence-corrected chi connectivity index (χ3v) is 4.52. The van der Waals surface area contributed by atoms with Crippen molar-refractivity contribution in [2.24, 2.45) is 0 Å². The average molecular weight is 340 g/mol. The Morgan fingerprint density at radius 1 is 1.45 bits per heavy atom. The number of hydrogen-bond acceptors (Lipinski definition) is 8. The number of nitro benzene ring substituents is 1.